The zero-order valence-corrected chi connectivity index (χ0v) is 8.64. The second kappa shape index (κ2) is 5.54. The van der Waals surface area contributed by atoms with E-state index in [0.717, 1.165) is 12.9 Å². The van der Waals surface area contributed by atoms with Crippen LogP contribution in [0.25, 0.3) is 0 Å². The largest absolute Gasteiger partial charge is 0.379 e. The first-order chi connectivity index (χ1) is 6.74. The summed E-state index contributed by atoms with van der Waals surface area (Å²) in [5.41, 5.74) is 0.596. The highest BCUT2D eigenvalue weighted by atomic mass is 16.5. The second-order valence-corrected chi connectivity index (χ2v) is 3.60. The first kappa shape index (κ1) is 10.9. The molecule has 0 spiro atoms. The lowest BCUT2D eigenvalue weighted by Gasteiger charge is -2.07. The molecular weight excluding hydrogens is 180 g/mol. The number of ether oxygens (including phenoxy) is 1. The third-order valence-electron chi connectivity index (χ3n) is 1.79. The van der Waals surface area contributed by atoms with Crippen molar-refractivity contribution in [2.75, 3.05) is 13.2 Å². The average Bonchev–Trinajstić information content (AvgIpc) is 2.59. The molecule has 0 amide bonds. The van der Waals surface area contributed by atoms with E-state index in [9.17, 15) is 4.79 Å². The number of carbonyl (C=O) groups excluding carboxylic acids is 1. The molecule has 1 rings (SSSR count). The number of hydrogen-bond donors (Lipinski definition) is 0. The summed E-state index contributed by atoms with van der Waals surface area (Å²) in [5.74, 6) is 0.545. The molecule has 0 aliphatic heterocycles. The fourth-order valence-electron chi connectivity index (χ4n) is 1.10. The molecule has 0 aromatic carbocycles. The summed E-state index contributed by atoms with van der Waals surface area (Å²) in [6, 6.07) is 0. The Morgan fingerprint density at radius 2 is 2.43 bits per heavy atom. The van der Waals surface area contributed by atoms with Gasteiger partial charge < -0.3 is 9.30 Å². The molecule has 0 radical (unpaired) electrons. The van der Waals surface area contributed by atoms with Gasteiger partial charge in [-0.15, -0.1) is 0 Å². The maximum atomic E-state index is 10.5. The first-order valence-electron chi connectivity index (χ1n) is 4.77. The third kappa shape index (κ3) is 3.30. The number of aromatic nitrogens is 2. The smallest absolute Gasteiger partial charge is 0.168 e. The van der Waals surface area contributed by atoms with Crippen LogP contribution < -0.4 is 0 Å². The van der Waals surface area contributed by atoms with E-state index in [2.05, 4.69) is 18.8 Å². The van der Waals surface area contributed by atoms with Gasteiger partial charge in [0.05, 0.1) is 19.1 Å². The van der Waals surface area contributed by atoms with Crippen LogP contribution in [0.3, 0.4) is 0 Å². The first-order valence-corrected chi connectivity index (χ1v) is 4.77. The van der Waals surface area contributed by atoms with Gasteiger partial charge in [-0.25, -0.2) is 4.98 Å². The van der Waals surface area contributed by atoms with Crippen molar-refractivity contribution in [1.82, 2.24) is 9.55 Å². The van der Waals surface area contributed by atoms with Gasteiger partial charge in [0.1, 0.15) is 5.69 Å². The van der Waals surface area contributed by atoms with Gasteiger partial charge in [0.15, 0.2) is 6.29 Å². The Kier molecular flexibility index (Phi) is 4.32. The zero-order valence-electron chi connectivity index (χ0n) is 8.64. The van der Waals surface area contributed by atoms with Gasteiger partial charge in [-0.05, 0) is 5.92 Å². The molecular formula is C10H16N2O2. The van der Waals surface area contributed by atoms with Gasteiger partial charge in [0.2, 0.25) is 0 Å². The van der Waals surface area contributed by atoms with E-state index in [1.807, 2.05) is 0 Å². The summed E-state index contributed by atoms with van der Waals surface area (Å²) in [7, 11) is 0. The monoisotopic (exact) mass is 196 g/mol. The van der Waals surface area contributed by atoms with E-state index < -0.39 is 0 Å². The van der Waals surface area contributed by atoms with Gasteiger partial charge in [0, 0.05) is 13.2 Å². The fourth-order valence-corrected chi connectivity index (χ4v) is 1.10. The molecule has 78 valence electrons. The molecule has 14 heavy (non-hydrogen) atoms. The number of rotatable bonds is 6. The summed E-state index contributed by atoms with van der Waals surface area (Å²) in [5, 5.41) is 0. The van der Waals surface area contributed by atoms with Crippen molar-refractivity contribution in [2.24, 2.45) is 5.92 Å². The lowest BCUT2D eigenvalue weighted by molar-refractivity contribution is 0.101. The summed E-state index contributed by atoms with van der Waals surface area (Å²) < 4.78 is 7.19. The van der Waals surface area contributed by atoms with Crippen LogP contribution in [0.4, 0.5) is 0 Å². The molecule has 4 nitrogen and oxygen atoms in total. The van der Waals surface area contributed by atoms with Crippen LogP contribution in [0, 0.1) is 5.92 Å². The standard InChI is InChI=1S/C10H16N2O2/c1-9(2)7-14-4-3-12-8-11-5-10(12)6-13/h5-6,8-9H,3-4,7H2,1-2H3. The average molecular weight is 196 g/mol. The predicted octanol–water partition coefficient (Wildman–Crippen LogP) is 1.37. The van der Waals surface area contributed by atoms with Crippen molar-refractivity contribution in [1.29, 1.82) is 0 Å². The SMILES string of the molecule is CC(C)COCCn1cncc1C=O. The highest BCUT2D eigenvalue weighted by Crippen LogP contribution is 1.97. The van der Waals surface area contributed by atoms with Crippen molar-refractivity contribution in [3.8, 4) is 0 Å². The predicted molar refractivity (Wildman–Crippen MR) is 53.3 cm³/mol. The van der Waals surface area contributed by atoms with Gasteiger partial charge in [-0.2, -0.15) is 0 Å². The van der Waals surface area contributed by atoms with Crippen molar-refractivity contribution in [3.63, 3.8) is 0 Å². The molecule has 4 heteroatoms. The Balaban J connectivity index is 2.27. The summed E-state index contributed by atoms with van der Waals surface area (Å²) in [6.07, 6.45) is 3.99. The molecule has 0 bridgehead atoms. The Labute approximate surface area is 83.9 Å². The maximum Gasteiger partial charge on any atom is 0.168 e. The fraction of sp³-hybridized carbons (Fsp3) is 0.600. The molecule has 0 atom stereocenters. The van der Waals surface area contributed by atoms with E-state index in [0.29, 0.717) is 24.8 Å². The minimum atomic E-state index is 0.545. The highest BCUT2D eigenvalue weighted by Gasteiger charge is 2.00. The van der Waals surface area contributed by atoms with Crippen molar-refractivity contribution in [2.45, 2.75) is 20.4 Å². The van der Waals surface area contributed by atoms with Crippen LogP contribution in [-0.4, -0.2) is 29.1 Å². The van der Waals surface area contributed by atoms with Crippen molar-refractivity contribution >= 4 is 6.29 Å². The Bertz CT molecular complexity index is 281. The Hall–Kier alpha value is -1.16. The van der Waals surface area contributed by atoms with Crippen LogP contribution in [0.1, 0.15) is 24.3 Å². The molecule has 0 aliphatic carbocycles. The zero-order chi connectivity index (χ0) is 10.4. The minimum absolute atomic E-state index is 0.545. The van der Waals surface area contributed by atoms with Gasteiger partial charge >= 0.3 is 0 Å². The summed E-state index contributed by atoms with van der Waals surface area (Å²) in [4.78, 5) is 14.4. The quantitative estimate of drug-likeness (QED) is 0.510. The molecule has 0 unspecified atom stereocenters. The normalized spacial score (nSPS) is 10.8. The van der Waals surface area contributed by atoms with Gasteiger partial charge in [-0.3, -0.25) is 4.79 Å². The lowest BCUT2D eigenvalue weighted by Crippen LogP contribution is -2.10. The molecule has 0 saturated heterocycles. The van der Waals surface area contributed by atoms with E-state index in [1.165, 1.54) is 0 Å². The van der Waals surface area contributed by atoms with Crippen LogP contribution in [0.15, 0.2) is 12.5 Å². The second-order valence-electron chi connectivity index (χ2n) is 3.60. The van der Waals surface area contributed by atoms with E-state index in [4.69, 9.17) is 4.74 Å². The highest BCUT2D eigenvalue weighted by molar-refractivity contribution is 5.71. The van der Waals surface area contributed by atoms with Gasteiger partial charge in [0.25, 0.3) is 0 Å². The molecule has 1 heterocycles. The van der Waals surface area contributed by atoms with Crippen LogP contribution >= 0.6 is 0 Å². The van der Waals surface area contributed by atoms with Crippen molar-refractivity contribution in [3.05, 3.63) is 18.2 Å². The van der Waals surface area contributed by atoms with E-state index >= 15 is 0 Å². The Morgan fingerprint density at radius 1 is 1.64 bits per heavy atom. The van der Waals surface area contributed by atoms with Crippen LogP contribution in [0.5, 0.6) is 0 Å². The van der Waals surface area contributed by atoms with Crippen molar-refractivity contribution < 1.29 is 9.53 Å². The molecule has 0 aliphatic rings. The van der Waals surface area contributed by atoms with Crippen LogP contribution in [-0.2, 0) is 11.3 Å². The number of imidazole rings is 1. The topological polar surface area (TPSA) is 44.1 Å². The van der Waals surface area contributed by atoms with Gasteiger partial charge in [-0.1, -0.05) is 13.8 Å². The molecule has 1 aromatic rings. The summed E-state index contributed by atoms with van der Waals surface area (Å²) in [6.45, 7) is 6.27. The lowest BCUT2D eigenvalue weighted by atomic mass is 10.2. The number of aldehydes is 1. The van der Waals surface area contributed by atoms with E-state index in [1.54, 1.807) is 17.1 Å². The molecule has 0 N–H and O–H groups in total. The van der Waals surface area contributed by atoms with E-state index in [-0.39, 0.29) is 0 Å². The number of nitrogens with zero attached hydrogens (tertiary/aromatic N) is 2. The van der Waals surface area contributed by atoms with Crippen LogP contribution in [0.2, 0.25) is 0 Å². The molecule has 1 aromatic heterocycles. The number of hydrogen-bond acceptors (Lipinski definition) is 3. The third-order valence-corrected chi connectivity index (χ3v) is 1.79. The molecule has 0 fully saturated rings. The Morgan fingerprint density at radius 3 is 3.07 bits per heavy atom. The number of carbonyl (C=O) groups is 1. The minimum Gasteiger partial charge on any atom is -0.379 e. The maximum absolute atomic E-state index is 10.5. The summed E-state index contributed by atoms with van der Waals surface area (Å²) >= 11 is 0. The molecule has 0 saturated carbocycles.